The van der Waals surface area contributed by atoms with E-state index in [2.05, 4.69) is 5.32 Å². The van der Waals surface area contributed by atoms with Crippen LogP contribution in [0.4, 0.5) is 11.4 Å². The molecule has 0 saturated carbocycles. The molecule has 7 heteroatoms. The van der Waals surface area contributed by atoms with Gasteiger partial charge in [-0.25, -0.2) is 0 Å². The Morgan fingerprint density at radius 3 is 2.35 bits per heavy atom. The third-order valence-electron chi connectivity index (χ3n) is 3.61. The second-order valence-corrected chi connectivity index (χ2v) is 5.53. The first-order chi connectivity index (χ1) is 12.0. The maximum absolute atomic E-state index is 12.0. The van der Waals surface area contributed by atoms with Gasteiger partial charge in [0, 0.05) is 18.1 Å². The number of nitrogens with two attached hydrogens (primary N) is 1. The van der Waals surface area contributed by atoms with Crippen LogP contribution < -0.4 is 20.5 Å². The van der Waals surface area contributed by atoms with Crippen molar-refractivity contribution in [1.82, 2.24) is 0 Å². The Balaban J connectivity index is 0.00000338. The standard InChI is InChI=1S/C19H22N2O4.ClH/c1-13(22)14-5-7-15(8-6-14)25-11-3-4-19(23)21-18-12-16(24-2)9-10-17(18)20;/h5-10,12H,3-4,11,20H2,1-2H3,(H,21,23);1H. The Labute approximate surface area is 159 Å². The van der Waals surface area contributed by atoms with Gasteiger partial charge in [0.25, 0.3) is 0 Å². The number of carbonyl (C=O) groups excluding carboxylic acids is 2. The van der Waals surface area contributed by atoms with Crippen LogP contribution in [0.15, 0.2) is 42.5 Å². The Kier molecular flexibility index (Phi) is 8.45. The van der Waals surface area contributed by atoms with E-state index in [-0.39, 0.29) is 24.1 Å². The monoisotopic (exact) mass is 378 g/mol. The first kappa shape index (κ1) is 21.3. The van der Waals surface area contributed by atoms with Crippen LogP contribution in [-0.4, -0.2) is 25.4 Å². The smallest absolute Gasteiger partial charge is 0.224 e. The number of benzene rings is 2. The fraction of sp³-hybridized carbons (Fsp3) is 0.263. The number of nitrogens with one attached hydrogen (secondary N) is 1. The van der Waals surface area contributed by atoms with Gasteiger partial charge in [-0.05, 0) is 49.7 Å². The van der Waals surface area contributed by atoms with E-state index in [0.717, 1.165) is 0 Å². The van der Waals surface area contributed by atoms with Gasteiger partial charge in [-0.15, -0.1) is 12.4 Å². The van der Waals surface area contributed by atoms with Crippen LogP contribution >= 0.6 is 12.4 Å². The van der Waals surface area contributed by atoms with Gasteiger partial charge < -0.3 is 20.5 Å². The number of ether oxygens (including phenoxy) is 2. The summed E-state index contributed by atoms with van der Waals surface area (Å²) >= 11 is 0. The number of carbonyl (C=O) groups is 2. The SMILES string of the molecule is COc1ccc(N)c(NC(=O)CCCOc2ccc(C(C)=O)cc2)c1.Cl. The molecule has 0 atom stereocenters. The van der Waals surface area contributed by atoms with Gasteiger partial charge in [0.15, 0.2) is 5.78 Å². The van der Waals surface area contributed by atoms with Crippen LogP contribution in [0.5, 0.6) is 11.5 Å². The number of amides is 1. The number of rotatable bonds is 8. The average Bonchev–Trinajstić information content (AvgIpc) is 2.61. The summed E-state index contributed by atoms with van der Waals surface area (Å²) in [6, 6.07) is 12.0. The zero-order valence-corrected chi connectivity index (χ0v) is 15.6. The van der Waals surface area contributed by atoms with E-state index < -0.39 is 0 Å². The largest absolute Gasteiger partial charge is 0.497 e. The van der Waals surface area contributed by atoms with E-state index in [1.165, 1.54) is 6.92 Å². The molecule has 140 valence electrons. The van der Waals surface area contributed by atoms with Gasteiger partial charge in [-0.2, -0.15) is 0 Å². The van der Waals surface area contributed by atoms with Crippen molar-refractivity contribution in [3.8, 4) is 11.5 Å². The minimum absolute atomic E-state index is 0. The molecule has 6 nitrogen and oxygen atoms in total. The lowest BCUT2D eigenvalue weighted by molar-refractivity contribution is -0.116. The molecule has 0 aliphatic heterocycles. The molecule has 3 N–H and O–H groups in total. The second-order valence-electron chi connectivity index (χ2n) is 5.53. The Hall–Kier alpha value is -2.73. The van der Waals surface area contributed by atoms with Gasteiger partial charge in [-0.3, -0.25) is 9.59 Å². The Bertz CT molecular complexity index is 748. The molecule has 0 radical (unpaired) electrons. The van der Waals surface area contributed by atoms with E-state index in [4.69, 9.17) is 15.2 Å². The third kappa shape index (κ3) is 6.29. The minimum Gasteiger partial charge on any atom is -0.497 e. The zero-order chi connectivity index (χ0) is 18.2. The fourth-order valence-corrected chi connectivity index (χ4v) is 2.19. The predicted molar refractivity (Wildman–Crippen MR) is 104 cm³/mol. The van der Waals surface area contributed by atoms with Crippen LogP contribution in [0, 0.1) is 0 Å². The lowest BCUT2D eigenvalue weighted by Crippen LogP contribution is -2.14. The van der Waals surface area contributed by atoms with Gasteiger partial charge in [0.2, 0.25) is 5.91 Å². The highest BCUT2D eigenvalue weighted by atomic mass is 35.5. The lowest BCUT2D eigenvalue weighted by atomic mass is 10.1. The second kappa shape index (κ2) is 10.3. The Morgan fingerprint density at radius 2 is 1.73 bits per heavy atom. The molecular formula is C19H23ClN2O4. The van der Waals surface area contributed by atoms with E-state index in [9.17, 15) is 9.59 Å². The number of halogens is 1. The maximum atomic E-state index is 12.0. The number of ketones is 1. The molecular weight excluding hydrogens is 356 g/mol. The molecule has 0 aliphatic rings. The molecule has 0 saturated heterocycles. The summed E-state index contributed by atoms with van der Waals surface area (Å²) in [6.45, 7) is 1.92. The summed E-state index contributed by atoms with van der Waals surface area (Å²) in [5.41, 5.74) is 7.49. The first-order valence-electron chi connectivity index (χ1n) is 7.97. The molecule has 2 aromatic rings. The molecule has 0 aliphatic carbocycles. The van der Waals surface area contributed by atoms with Crippen LogP contribution in [0.3, 0.4) is 0 Å². The molecule has 0 unspecified atom stereocenters. The highest BCUT2D eigenvalue weighted by Gasteiger charge is 2.07. The molecule has 0 heterocycles. The molecule has 0 aromatic heterocycles. The van der Waals surface area contributed by atoms with Crippen molar-refractivity contribution in [1.29, 1.82) is 0 Å². The summed E-state index contributed by atoms with van der Waals surface area (Å²) < 4.78 is 10.7. The minimum atomic E-state index is -0.143. The topological polar surface area (TPSA) is 90.7 Å². The molecule has 1 amide bonds. The van der Waals surface area contributed by atoms with Crippen molar-refractivity contribution in [3.05, 3.63) is 48.0 Å². The molecule has 0 spiro atoms. The number of hydrogen-bond acceptors (Lipinski definition) is 5. The number of hydrogen-bond donors (Lipinski definition) is 2. The van der Waals surface area contributed by atoms with Crippen molar-refractivity contribution in [3.63, 3.8) is 0 Å². The summed E-state index contributed by atoms with van der Waals surface area (Å²) in [5.74, 6) is 1.17. The fourth-order valence-electron chi connectivity index (χ4n) is 2.19. The van der Waals surface area contributed by atoms with Crippen LogP contribution in [0.25, 0.3) is 0 Å². The first-order valence-corrected chi connectivity index (χ1v) is 7.97. The van der Waals surface area contributed by atoms with Gasteiger partial charge in [0.1, 0.15) is 11.5 Å². The highest BCUT2D eigenvalue weighted by Crippen LogP contribution is 2.24. The number of anilines is 2. The van der Waals surface area contributed by atoms with Gasteiger partial charge in [-0.1, -0.05) is 0 Å². The van der Waals surface area contributed by atoms with Crippen LogP contribution in [0.1, 0.15) is 30.1 Å². The summed E-state index contributed by atoms with van der Waals surface area (Å²) in [5, 5.41) is 2.77. The quantitative estimate of drug-likeness (QED) is 0.415. The number of methoxy groups -OCH3 is 1. The van der Waals surface area contributed by atoms with Crippen molar-refractivity contribution in [2.24, 2.45) is 0 Å². The van der Waals surface area contributed by atoms with E-state index in [0.29, 0.717) is 47.9 Å². The average molecular weight is 379 g/mol. The number of Topliss-reactive ketones (excluding diaryl/α,β-unsaturated/α-hetero) is 1. The zero-order valence-electron chi connectivity index (χ0n) is 14.8. The molecule has 26 heavy (non-hydrogen) atoms. The summed E-state index contributed by atoms with van der Waals surface area (Å²) in [7, 11) is 1.55. The highest BCUT2D eigenvalue weighted by molar-refractivity contribution is 5.94. The van der Waals surface area contributed by atoms with Crippen molar-refractivity contribution in [2.45, 2.75) is 19.8 Å². The summed E-state index contributed by atoms with van der Waals surface area (Å²) in [4.78, 5) is 23.2. The molecule has 0 bridgehead atoms. The van der Waals surface area contributed by atoms with Crippen molar-refractivity contribution in [2.75, 3.05) is 24.8 Å². The van der Waals surface area contributed by atoms with Crippen LogP contribution in [-0.2, 0) is 4.79 Å². The van der Waals surface area contributed by atoms with E-state index in [1.54, 1.807) is 49.6 Å². The molecule has 2 aromatic carbocycles. The predicted octanol–water partition coefficient (Wildman–Crippen LogP) is 3.70. The number of nitrogen functional groups attached to an aromatic ring is 1. The van der Waals surface area contributed by atoms with Crippen LogP contribution in [0.2, 0.25) is 0 Å². The van der Waals surface area contributed by atoms with Crippen molar-refractivity contribution >= 4 is 35.5 Å². The van der Waals surface area contributed by atoms with Gasteiger partial charge >= 0.3 is 0 Å². The Morgan fingerprint density at radius 1 is 1.08 bits per heavy atom. The van der Waals surface area contributed by atoms with Gasteiger partial charge in [0.05, 0.1) is 25.1 Å². The van der Waals surface area contributed by atoms with Crippen molar-refractivity contribution < 1.29 is 19.1 Å². The summed E-state index contributed by atoms with van der Waals surface area (Å²) in [6.07, 6.45) is 0.867. The van der Waals surface area contributed by atoms with E-state index in [1.807, 2.05) is 0 Å². The molecule has 0 fully saturated rings. The maximum Gasteiger partial charge on any atom is 0.224 e. The van der Waals surface area contributed by atoms with E-state index >= 15 is 0 Å². The normalized spacial score (nSPS) is 9.77. The lowest BCUT2D eigenvalue weighted by Gasteiger charge is -2.10. The third-order valence-corrected chi connectivity index (χ3v) is 3.61. The molecule has 2 rings (SSSR count).